The van der Waals surface area contributed by atoms with E-state index in [1.807, 2.05) is 0 Å². The lowest BCUT2D eigenvalue weighted by atomic mass is 9.97. The summed E-state index contributed by atoms with van der Waals surface area (Å²) in [4.78, 5) is 9.52. The van der Waals surface area contributed by atoms with Crippen LogP contribution in [0.3, 0.4) is 0 Å². The monoisotopic (exact) mass is 280 g/mol. The van der Waals surface area contributed by atoms with Gasteiger partial charge in [-0.05, 0) is 57.9 Å². The summed E-state index contributed by atoms with van der Waals surface area (Å²) in [5.74, 6) is 2.31. The van der Waals surface area contributed by atoms with E-state index < -0.39 is 0 Å². The highest BCUT2D eigenvalue weighted by Gasteiger charge is 2.22. The zero-order valence-electron chi connectivity index (χ0n) is 13.5. The molecule has 2 fully saturated rings. The summed E-state index contributed by atoms with van der Waals surface area (Å²) >= 11 is 0. The van der Waals surface area contributed by atoms with Crippen molar-refractivity contribution in [2.75, 3.05) is 32.7 Å². The van der Waals surface area contributed by atoms with Crippen molar-refractivity contribution in [2.24, 2.45) is 22.6 Å². The van der Waals surface area contributed by atoms with Crippen LogP contribution in [0, 0.1) is 11.8 Å². The molecule has 0 bridgehead atoms. The summed E-state index contributed by atoms with van der Waals surface area (Å²) in [7, 11) is 0. The van der Waals surface area contributed by atoms with E-state index in [-0.39, 0.29) is 0 Å². The van der Waals surface area contributed by atoms with E-state index in [0.717, 1.165) is 31.5 Å². The third-order valence-corrected chi connectivity index (χ3v) is 4.90. The Kier molecular flexibility index (Phi) is 5.70. The molecule has 2 heterocycles. The predicted molar refractivity (Wildman–Crippen MR) is 85.9 cm³/mol. The first-order valence-corrected chi connectivity index (χ1v) is 8.35. The number of hydrogen-bond donors (Lipinski definition) is 1. The van der Waals surface area contributed by atoms with Gasteiger partial charge < -0.3 is 15.5 Å². The first kappa shape index (κ1) is 15.6. The molecule has 2 aliphatic heterocycles. The topological polar surface area (TPSA) is 44.9 Å². The van der Waals surface area contributed by atoms with Crippen LogP contribution in [0.1, 0.15) is 46.5 Å². The smallest absolute Gasteiger partial charge is 0.191 e. The standard InChI is InChI=1S/C16H32N4/c1-13(2)20-8-4-5-15(12-20)11-18-16(17)19-9-6-14(3)7-10-19/h13-15H,4-12H2,1-3H3,(H2,17,18). The Bertz CT molecular complexity index is 318. The van der Waals surface area contributed by atoms with Gasteiger partial charge in [-0.2, -0.15) is 0 Å². The van der Waals surface area contributed by atoms with Crippen LogP contribution in [-0.4, -0.2) is 54.5 Å². The second-order valence-corrected chi connectivity index (χ2v) is 6.97. The van der Waals surface area contributed by atoms with Crippen molar-refractivity contribution in [3.63, 3.8) is 0 Å². The molecule has 4 heteroatoms. The number of hydrogen-bond acceptors (Lipinski definition) is 2. The molecule has 0 amide bonds. The molecule has 0 aromatic carbocycles. The molecule has 2 aliphatic rings. The van der Waals surface area contributed by atoms with Gasteiger partial charge in [0.25, 0.3) is 0 Å². The van der Waals surface area contributed by atoms with Gasteiger partial charge in [-0.1, -0.05) is 6.92 Å². The summed E-state index contributed by atoms with van der Waals surface area (Å²) < 4.78 is 0. The third kappa shape index (κ3) is 4.37. The molecule has 2 saturated heterocycles. The van der Waals surface area contributed by atoms with Gasteiger partial charge in [-0.3, -0.25) is 4.99 Å². The van der Waals surface area contributed by atoms with Gasteiger partial charge >= 0.3 is 0 Å². The van der Waals surface area contributed by atoms with Crippen LogP contribution < -0.4 is 5.73 Å². The predicted octanol–water partition coefficient (Wildman–Crippen LogP) is 2.15. The average molecular weight is 280 g/mol. The minimum atomic E-state index is 0.655. The number of aliphatic imine (C=N–C) groups is 1. The van der Waals surface area contributed by atoms with Crippen molar-refractivity contribution < 1.29 is 0 Å². The molecule has 20 heavy (non-hydrogen) atoms. The molecule has 0 aromatic rings. The van der Waals surface area contributed by atoms with E-state index in [2.05, 4.69) is 35.6 Å². The Morgan fingerprint density at radius 1 is 1.20 bits per heavy atom. The molecular formula is C16H32N4. The number of rotatable bonds is 3. The molecule has 4 nitrogen and oxygen atoms in total. The largest absolute Gasteiger partial charge is 0.370 e. The third-order valence-electron chi connectivity index (χ3n) is 4.90. The highest BCUT2D eigenvalue weighted by molar-refractivity contribution is 5.78. The quantitative estimate of drug-likeness (QED) is 0.636. The maximum Gasteiger partial charge on any atom is 0.191 e. The van der Waals surface area contributed by atoms with Gasteiger partial charge in [0.15, 0.2) is 5.96 Å². The average Bonchev–Trinajstić information content (AvgIpc) is 2.46. The van der Waals surface area contributed by atoms with E-state index in [9.17, 15) is 0 Å². The van der Waals surface area contributed by atoms with E-state index >= 15 is 0 Å². The fourth-order valence-corrected chi connectivity index (χ4v) is 3.28. The van der Waals surface area contributed by atoms with E-state index in [1.54, 1.807) is 0 Å². The second-order valence-electron chi connectivity index (χ2n) is 6.97. The molecule has 1 atom stereocenters. The molecule has 2 rings (SSSR count). The fourth-order valence-electron chi connectivity index (χ4n) is 3.28. The van der Waals surface area contributed by atoms with Crippen LogP contribution in [0.4, 0.5) is 0 Å². The summed E-state index contributed by atoms with van der Waals surface area (Å²) in [6, 6.07) is 0.655. The lowest BCUT2D eigenvalue weighted by Gasteiger charge is -2.35. The number of piperidine rings is 2. The maximum atomic E-state index is 6.17. The summed E-state index contributed by atoms with van der Waals surface area (Å²) in [5.41, 5.74) is 6.17. The lowest BCUT2D eigenvalue weighted by Crippen LogP contribution is -2.44. The lowest BCUT2D eigenvalue weighted by molar-refractivity contribution is 0.143. The van der Waals surface area contributed by atoms with E-state index in [4.69, 9.17) is 5.73 Å². The highest BCUT2D eigenvalue weighted by Crippen LogP contribution is 2.19. The van der Waals surface area contributed by atoms with Gasteiger partial charge in [-0.15, -0.1) is 0 Å². The molecule has 0 aliphatic carbocycles. The number of nitrogens with zero attached hydrogens (tertiary/aromatic N) is 3. The molecule has 0 saturated carbocycles. The number of guanidine groups is 1. The Hall–Kier alpha value is -0.770. The molecule has 0 aromatic heterocycles. The van der Waals surface area contributed by atoms with Crippen molar-refractivity contribution in [1.82, 2.24) is 9.80 Å². The van der Waals surface area contributed by atoms with E-state index in [1.165, 1.54) is 38.8 Å². The molecule has 0 spiro atoms. The zero-order valence-corrected chi connectivity index (χ0v) is 13.5. The summed E-state index contributed by atoms with van der Waals surface area (Å²) in [6.07, 6.45) is 5.11. The number of likely N-dealkylation sites (tertiary alicyclic amines) is 2. The Morgan fingerprint density at radius 2 is 1.90 bits per heavy atom. The fraction of sp³-hybridized carbons (Fsp3) is 0.938. The normalized spacial score (nSPS) is 27.3. The Labute approximate surface area is 124 Å². The van der Waals surface area contributed by atoms with Crippen LogP contribution in [-0.2, 0) is 0 Å². The van der Waals surface area contributed by atoms with Crippen molar-refractivity contribution >= 4 is 5.96 Å². The van der Waals surface area contributed by atoms with Crippen LogP contribution in [0.5, 0.6) is 0 Å². The van der Waals surface area contributed by atoms with Gasteiger partial charge in [0, 0.05) is 32.2 Å². The Morgan fingerprint density at radius 3 is 2.55 bits per heavy atom. The molecule has 1 unspecified atom stereocenters. The van der Waals surface area contributed by atoms with Crippen molar-refractivity contribution in [2.45, 2.75) is 52.5 Å². The molecular weight excluding hydrogens is 248 g/mol. The number of nitrogens with two attached hydrogens (primary N) is 1. The SMILES string of the molecule is CC1CCN(C(N)=NCC2CCCN(C(C)C)C2)CC1. The van der Waals surface area contributed by atoms with Gasteiger partial charge in [-0.25, -0.2) is 0 Å². The van der Waals surface area contributed by atoms with Crippen molar-refractivity contribution in [3.8, 4) is 0 Å². The minimum Gasteiger partial charge on any atom is -0.370 e. The minimum absolute atomic E-state index is 0.655. The van der Waals surface area contributed by atoms with Gasteiger partial charge in [0.05, 0.1) is 0 Å². The zero-order chi connectivity index (χ0) is 14.5. The molecule has 116 valence electrons. The van der Waals surface area contributed by atoms with Crippen LogP contribution in [0.2, 0.25) is 0 Å². The van der Waals surface area contributed by atoms with Crippen molar-refractivity contribution in [3.05, 3.63) is 0 Å². The van der Waals surface area contributed by atoms with Crippen LogP contribution in [0.25, 0.3) is 0 Å². The van der Waals surface area contributed by atoms with Crippen molar-refractivity contribution in [1.29, 1.82) is 0 Å². The van der Waals surface area contributed by atoms with Crippen LogP contribution >= 0.6 is 0 Å². The first-order valence-electron chi connectivity index (χ1n) is 8.35. The van der Waals surface area contributed by atoms with E-state index in [0.29, 0.717) is 12.0 Å². The summed E-state index contributed by atoms with van der Waals surface area (Å²) in [5, 5.41) is 0. The maximum absolute atomic E-state index is 6.17. The summed E-state index contributed by atoms with van der Waals surface area (Å²) in [6.45, 7) is 12.4. The molecule has 2 N–H and O–H groups in total. The van der Waals surface area contributed by atoms with Crippen LogP contribution in [0.15, 0.2) is 4.99 Å². The van der Waals surface area contributed by atoms with Gasteiger partial charge in [0.1, 0.15) is 0 Å². The first-order chi connectivity index (χ1) is 9.56. The second kappa shape index (κ2) is 7.30. The molecule has 0 radical (unpaired) electrons. The highest BCUT2D eigenvalue weighted by atomic mass is 15.3. The van der Waals surface area contributed by atoms with Gasteiger partial charge in [0.2, 0.25) is 0 Å². The Balaban J connectivity index is 1.79.